The fourth-order valence-electron chi connectivity index (χ4n) is 1.77. The summed E-state index contributed by atoms with van der Waals surface area (Å²) in [5.74, 6) is -0.625. The van der Waals surface area contributed by atoms with Gasteiger partial charge in [-0.1, -0.05) is 0 Å². The molecular formula is C12H13F3N2O2. The minimum atomic E-state index is -4.35. The average molecular weight is 274 g/mol. The van der Waals surface area contributed by atoms with Gasteiger partial charge in [-0.15, -0.1) is 0 Å². The first-order valence-electron chi connectivity index (χ1n) is 5.62. The van der Waals surface area contributed by atoms with E-state index in [0.29, 0.717) is 0 Å². The maximum Gasteiger partial charge on any atom is 0.411 e. The van der Waals surface area contributed by atoms with E-state index in [-0.39, 0.29) is 29.8 Å². The second-order valence-electron chi connectivity index (χ2n) is 4.50. The van der Waals surface area contributed by atoms with E-state index in [1.807, 2.05) is 0 Å². The zero-order chi connectivity index (χ0) is 14.3. The number of esters is 1. The molecule has 0 saturated heterocycles. The number of methoxy groups -OCH3 is 1. The summed E-state index contributed by atoms with van der Waals surface area (Å²) in [6, 6.07) is 4.05. The molecule has 0 bridgehead atoms. The maximum atomic E-state index is 12.8. The summed E-state index contributed by atoms with van der Waals surface area (Å²) in [7, 11) is 1.20. The summed E-state index contributed by atoms with van der Waals surface area (Å²) in [5.41, 5.74) is 4.11. The van der Waals surface area contributed by atoms with Crippen LogP contribution >= 0.6 is 0 Å². The topological polar surface area (TPSA) is 64.3 Å². The molecule has 4 nitrogen and oxygen atoms in total. The molecule has 1 fully saturated rings. The lowest BCUT2D eigenvalue weighted by Gasteiger charge is -2.23. The highest BCUT2D eigenvalue weighted by Crippen LogP contribution is 2.51. The third-order valence-corrected chi connectivity index (χ3v) is 3.14. The number of carbonyl (C=O) groups is 1. The fraction of sp³-hybridized carbons (Fsp3) is 0.417. The highest BCUT2D eigenvalue weighted by atomic mass is 19.4. The minimum Gasteiger partial charge on any atom is -0.465 e. The van der Waals surface area contributed by atoms with Crippen LogP contribution in [0.3, 0.4) is 0 Å². The standard InChI is InChI=1S/C12H13F3N2O2/c1-19-10(18)7-2-3-8(16)9(6-7)17-11(4-5-11)12(13,14)15/h2-3,6,17H,4-5,16H2,1H3. The summed E-state index contributed by atoms with van der Waals surface area (Å²) in [6.45, 7) is 0. The molecule has 0 heterocycles. The van der Waals surface area contributed by atoms with Crippen molar-refractivity contribution in [2.24, 2.45) is 0 Å². The van der Waals surface area contributed by atoms with Crippen LogP contribution in [-0.2, 0) is 4.74 Å². The second kappa shape index (κ2) is 4.32. The number of alkyl halides is 3. The predicted octanol–water partition coefficient (Wildman–Crippen LogP) is 2.56. The highest BCUT2D eigenvalue weighted by Gasteiger charge is 2.63. The van der Waals surface area contributed by atoms with Crippen molar-refractivity contribution in [3.63, 3.8) is 0 Å². The Labute approximate surface area is 107 Å². The lowest BCUT2D eigenvalue weighted by atomic mass is 10.1. The summed E-state index contributed by atoms with van der Waals surface area (Å²) in [4.78, 5) is 11.3. The number of anilines is 2. The summed E-state index contributed by atoms with van der Waals surface area (Å²) < 4.78 is 43.0. The van der Waals surface area contributed by atoms with Crippen molar-refractivity contribution in [3.8, 4) is 0 Å². The Morgan fingerprint density at radius 1 is 1.42 bits per heavy atom. The first-order chi connectivity index (χ1) is 8.79. The third kappa shape index (κ3) is 2.45. The van der Waals surface area contributed by atoms with Crippen molar-refractivity contribution in [2.45, 2.75) is 24.6 Å². The number of nitrogens with two attached hydrogens (primary N) is 1. The molecule has 3 N–H and O–H groups in total. The van der Waals surface area contributed by atoms with E-state index in [1.165, 1.54) is 25.3 Å². The van der Waals surface area contributed by atoms with E-state index in [1.54, 1.807) is 0 Å². The van der Waals surface area contributed by atoms with Crippen LogP contribution in [0.2, 0.25) is 0 Å². The fourth-order valence-corrected chi connectivity index (χ4v) is 1.77. The molecule has 0 aliphatic heterocycles. The lowest BCUT2D eigenvalue weighted by Crippen LogP contribution is -2.38. The molecule has 104 valence electrons. The van der Waals surface area contributed by atoms with Gasteiger partial charge in [0, 0.05) is 0 Å². The zero-order valence-corrected chi connectivity index (χ0v) is 10.2. The molecule has 0 radical (unpaired) electrons. The van der Waals surface area contributed by atoms with Crippen molar-refractivity contribution in [1.82, 2.24) is 0 Å². The summed E-state index contributed by atoms with van der Waals surface area (Å²) in [5, 5.41) is 2.40. The van der Waals surface area contributed by atoms with E-state index in [9.17, 15) is 18.0 Å². The van der Waals surface area contributed by atoms with Gasteiger partial charge in [0.05, 0.1) is 24.0 Å². The van der Waals surface area contributed by atoms with Gasteiger partial charge in [0.2, 0.25) is 0 Å². The molecule has 1 saturated carbocycles. The Bertz CT molecular complexity index is 510. The molecule has 7 heteroatoms. The lowest BCUT2D eigenvalue weighted by molar-refractivity contribution is -0.151. The Morgan fingerprint density at radius 2 is 2.05 bits per heavy atom. The van der Waals surface area contributed by atoms with E-state index in [2.05, 4.69) is 10.1 Å². The van der Waals surface area contributed by atoms with E-state index < -0.39 is 17.7 Å². The van der Waals surface area contributed by atoms with Crippen LogP contribution in [0, 0.1) is 0 Å². The van der Waals surface area contributed by atoms with Crippen molar-refractivity contribution in [3.05, 3.63) is 23.8 Å². The van der Waals surface area contributed by atoms with Crippen LogP contribution in [0.4, 0.5) is 24.5 Å². The quantitative estimate of drug-likeness (QED) is 0.656. The van der Waals surface area contributed by atoms with Gasteiger partial charge in [-0.2, -0.15) is 13.2 Å². The Hall–Kier alpha value is -1.92. The number of nitrogen functional groups attached to an aromatic ring is 1. The van der Waals surface area contributed by atoms with Gasteiger partial charge >= 0.3 is 12.1 Å². The number of hydrogen-bond acceptors (Lipinski definition) is 4. The Morgan fingerprint density at radius 3 is 2.53 bits per heavy atom. The van der Waals surface area contributed by atoms with Gasteiger partial charge in [-0.3, -0.25) is 0 Å². The SMILES string of the molecule is COC(=O)c1ccc(N)c(NC2(C(F)(F)F)CC2)c1. The molecule has 2 rings (SSSR count). The Balaban J connectivity index is 2.28. The van der Waals surface area contributed by atoms with E-state index in [4.69, 9.17) is 5.73 Å². The summed E-state index contributed by atoms with van der Waals surface area (Å²) >= 11 is 0. The maximum absolute atomic E-state index is 12.8. The molecule has 0 unspecified atom stereocenters. The number of ether oxygens (including phenoxy) is 1. The third-order valence-electron chi connectivity index (χ3n) is 3.14. The van der Waals surface area contributed by atoms with Crippen LogP contribution in [0.25, 0.3) is 0 Å². The Kier molecular flexibility index (Phi) is 3.07. The van der Waals surface area contributed by atoms with E-state index in [0.717, 1.165) is 0 Å². The molecule has 0 amide bonds. The first kappa shape index (κ1) is 13.5. The van der Waals surface area contributed by atoms with Crippen LogP contribution in [0.1, 0.15) is 23.2 Å². The van der Waals surface area contributed by atoms with Gasteiger partial charge in [-0.25, -0.2) is 4.79 Å². The van der Waals surface area contributed by atoms with E-state index >= 15 is 0 Å². The van der Waals surface area contributed by atoms with Crippen molar-refractivity contribution >= 4 is 17.3 Å². The van der Waals surface area contributed by atoms with Gasteiger partial charge < -0.3 is 15.8 Å². The molecule has 1 aliphatic carbocycles. The highest BCUT2D eigenvalue weighted by molar-refractivity contribution is 5.92. The molecule has 19 heavy (non-hydrogen) atoms. The van der Waals surface area contributed by atoms with Crippen molar-refractivity contribution < 1.29 is 22.7 Å². The number of nitrogens with one attached hydrogen (secondary N) is 1. The second-order valence-corrected chi connectivity index (χ2v) is 4.50. The van der Waals surface area contributed by atoms with Crippen molar-refractivity contribution in [2.75, 3.05) is 18.2 Å². The molecule has 0 atom stereocenters. The first-order valence-corrected chi connectivity index (χ1v) is 5.62. The molecule has 1 aromatic rings. The zero-order valence-electron chi connectivity index (χ0n) is 10.2. The normalized spacial score (nSPS) is 16.8. The average Bonchev–Trinajstić information content (AvgIpc) is 3.11. The van der Waals surface area contributed by atoms with Crippen molar-refractivity contribution in [1.29, 1.82) is 0 Å². The monoisotopic (exact) mass is 274 g/mol. The number of halogens is 3. The number of rotatable bonds is 3. The van der Waals surface area contributed by atoms with Crippen LogP contribution in [0.15, 0.2) is 18.2 Å². The largest absolute Gasteiger partial charge is 0.465 e. The minimum absolute atomic E-state index is 0.00160. The smallest absolute Gasteiger partial charge is 0.411 e. The number of carbonyl (C=O) groups excluding carboxylic acids is 1. The molecule has 1 aromatic carbocycles. The molecule has 1 aliphatic rings. The van der Waals surface area contributed by atoms with Gasteiger partial charge in [0.1, 0.15) is 5.54 Å². The van der Waals surface area contributed by atoms with Gasteiger partial charge in [0.25, 0.3) is 0 Å². The van der Waals surface area contributed by atoms with Crippen LogP contribution in [-0.4, -0.2) is 24.8 Å². The molecular weight excluding hydrogens is 261 g/mol. The van der Waals surface area contributed by atoms with Gasteiger partial charge in [0.15, 0.2) is 0 Å². The number of benzene rings is 1. The van der Waals surface area contributed by atoms with Crippen LogP contribution in [0.5, 0.6) is 0 Å². The molecule has 0 spiro atoms. The summed E-state index contributed by atoms with van der Waals surface area (Å²) in [6.07, 6.45) is -4.35. The van der Waals surface area contributed by atoms with Gasteiger partial charge in [-0.05, 0) is 31.0 Å². The van der Waals surface area contributed by atoms with Crippen LogP contribution < -0.4 is 11.1 Å². The molecule has 0 aromatic heterocycles. The number of hydrogen-bond donors (Lipinski definition) is 2. The predicted molar refractivity (Wildman–Crippen MR) is 63.8 cm³/mol.